The van der Waals surface area contributed by atoms with Gasteiger partial charge in [-0.05, 0) is 18.9 Å². The van der Waals surface area contributed by atoms with Crippen LogP contribution in [0.5, 0.6) is 5.75 Å². The Labute approximate surface area is 100 Å². The van der Waals surface area contributed by atoms with Crippen LogP contribution in [0.4, 0.5) is 0 Å². The zero-order chi connectivity index (χ0) is 11.4. The zero-order valence-electron chi connectivity index (χ0n) is 9.08. The molecule has 0 radical (unpaired) electrons. The maximum absolute atomic E-state index is 9.72. The second-order valence-corrected chi connectivity index (χ2v) is 4.45. The van der Waals surface area contributed by atoms with Crippen molar-refractivity contribution < 1.29 is 9.84 Å². The lowest BCUT2D eigenvalue weighted by atomic mass is 10.1. The molecule has 0 spiro atoms. The molecular formula is C12H16ClNO2. The molecule has 0 bridgehead atoms. The predicted molar refractivity (Wildman–Crippen MR) is 63.8 cm³/mol. The lowest BCUT2D eigenvalue weighted by Crippen LogP contribution is -2.36. The van der Waals surface area contributed by atoms with Crippen LogP contribution in [0.15, 0.2) is 18.2 Å². The molecule has 0 saturated carbocycles. The lowest BCUT2D eigenvalue weighted by molar-refractivity contribution is 0.0699. The minimum absolute atomic E-state index is 0.174. The third-order valence-electron chi connectivity index (χ3n) is 2.81. The molecule has 1 aromatic rings. The number of nitrogens with one attached hydrogen (secondary N) is 1. The summed E-state index contributed by atoms with van der Waals surface area (Å²) in [5, 5.41) is 13.5. The van der Waals surface area contributed by atoms with Crippen LogP contribution in [0, 0.1) is 0 Å². The van der Waals surface area contributed by atoms with Crippen LogP contribution < -0.4 is 5.32 Å². The Bertz CT molecular complexity index is 351. The highest BCUT2D eigenvalue weighted by Crippen LogP contribution is 2.26. The minimum atomic E-state index is 0.174. The van der Waals surface area contributed by atoms with Crippen molar-refractivity contribution in [2.75, 3.05) is 13.2 Å². The van der Waals surface area contributed by atoms with Gasteiger partial charge in [0.2, 0.25) is 0 Å². The summed E-state index contributed by atoms with van der Waals surface area (Å²) in [4.78, 5) is 0. The van der Waals surface area contributed by atoms with Gasteiger partial charge in [-0.3, -0.25) is 0 Å². The average Bonchev–Trinajstić information content (AvgIpc) is 2.32. The van der Waals surface area contributed by atoms with Crippen molar-refractivity contribution in [3.05, 3.63) is 28.8 Å². The predicted octanol–water partition coefficient (Wildman–Crippen LogP) is 2.31. The normalized spacial score (nSPS) is 20.9. The highest BCUT2D eigenvalue weighted by Gasteiger charge is 2.14. The van der Waals surface area contributed by atoms with E-state index in [9.17, 15) is 5.11 Å². The molecule has 0 amide bonds. The molecule has 0 aromatic heterocycles. The molecule has 16 heavy (non-hydrogen) atoms. The molecule has 1 aliphatic heterocycles. The monoisotopic (exact) mass is 241 g/mol. The number of hydrogen-bond donors (Lipinski definition) is 2. The standard InChI is InChI=1S/C12H16ClNO2/c13-11-5-1-3-9(12(11)15)7-14-10-4-2-6-16-8-10/h1,3,5,10,14-15H,2,4,6-8H2. The molecule has 2 rings (SSSR count). The molecule has 1 aliphatic rings. The Morgan fingerprint density at radius 1 is 1.50 bits per heavy atom. The molecule has 1 atom stereocenters. The molecule has 1 aromatic carbocycles. The molecule has 1 unspecified atom stereocenters. The second kappa shape index (κ2) is 5.53. The molecule has 0 aliphatic carbocycles. The summed E-state index contributed by atoms with van der Waals surface area (Å²) in [6.07, 6.45) is 2.22. The SMILES string of the molecule is Oc1c(Cl)cccc1CNC1CCCOC1. The fourth-order valence-electron chi connectivity index (χ4n) is 1.86. The van der Waals surface area contributed by atoms with Crippen LogP contribution in [0.2, 0.25) is 5.02 Å². The number of para-hydroxylation sites is 1. The van der Waals surface area contributed by atoms with Crippen LogP contribution in [0.25, 0.3) is 0 Å². The lowest BCUT2D eigenvalue weighted by Gasteiger charge is -2.23. The van der Waals surface area contributed by atoms with Gasteiger partial charge in [-0.2, -0.15) is 0 Å². The number of ether oxygens (including phenoxy) is 1. The van der Waals surface area contributed by atoms with Gasteiger partial charge in [-0.1, -0.05) is 23.7 Å². The maximum atomic E-state index is 9.72. The Hall–Kier alpha value is -0.770. The Morgan fingerprint density at radius 3 is 3.12 bits per heavy atom. The molecular weight excluding hydrogens is 226 g/mol. The van der Waals surface area contributed by atoms with Gasteiger partial charge in [0, 0.05) is 24.8 Å². The molecule has 3 nitrogen and oxygen atoms in total. The van der Waals surface area contributed by atoms with E-state index in [0.29, 0.717) is 17.6 Å². The highest BCUT2D eigenvalue weighted by atomic mass is 35.5. The number of phenols is 1. The van der Waals surface area contributed by atoms with E-state index >= 15 is 0 Å². The fraction of sp³-hybridized carbons (Fsp3) is 0.500. The van der Waals surface area contributed by atoms with Crippen molar-refractivity contribution in [3.8, 4) is 5.75 Å². The van der Waals surface area contributed by atoms with Gasteiger partial charge in [-0.15, -0.1) is 0 Å². The van der Waals surface area contributed by atoms with Crippen LogP contribution in [-0.2, 0) is 11.3 Å². The second-order valence-electron chi connectivity index (χ2n) is 4.04. The van der Waals surface area contributed by atoms with E-state index in [2.05, 4.69) is 5.32 Å². The minimum Gasteiger partial charge on any atom is -0.506 e. The van der Waals surface area contributed by atoms with Crippen LogP contribution >= 0.6 is 11.6 Å². The first kappa shape index (κ1) is 11.7. The van der Waals surface area contributed by atoms with Crippen molar-refractivity contribution in [2.24, 2.45) is 0 Å². The molecule has 1 heterocycles. The van der Waals surface area contributed by atoms with Gasteiger partial charge >= 0.3 is 0 Å². The van der Waals surface area contributed by atoms with E-state index in [1.165, 1.54) is 0 Å². The molecule has 4 heteroatoms. The number of phenolic OH excluding ortho intramolecular Hbond substituents is 1. The summed E-state index contributed by atoms with van der Waals surface area (Å²) in [6.45, 7) is 2.24. The third kappa shape index (κ3) is 2.88. The topological polar surface area (TPSA) is 41.5 Å². The van der Waals surface area contributed by atoms with Gasteiger partial charge < -0.3 is 15.2 Å². The van der Waals surface area contributed by atoms with Crippen molar-refractivity contribution >= 4 is 11.6 Å². The van der Waals surface area contributed by atoms with Crippen LogP contribution in [-0.4, -0.2) is 24.4 Å². The van der Waals surface area contributed by atoms with E-state index in [1.54, 1.807) is 6.07 Å². The number of hydrogen-bond acceptors (Lipinski definition) is 3. The average molecular weight is 242 g/mol. The first-order chi connectivity index (χ1) is 7.77. The number of halogens is 1. The van der Waals surface area contributed by atoms with Gasteiger partial charge in [-0.25, -0.2) is 0 Å². The number of aromatic hydroxyl groups is 1. The van der Waals surface area contributed by atoms with E-state index < -0.39 is 0 Å². The smallest absolute Gasteiger partial charge is 0.138 e. The number of benzene rings is 1. The maximum Gasteiger partial charge on any atom is 0.138 e. The first-order valence-electron chi connectivity index (χ1n) is 5.55. The zero-order valence-corrected chi connectivity index (χ0v) is 9.83. The summed E-state index contributed by atoms with van der Waals surface area (Å²) >= 11 is 5.83. The van der Waals surface area contributed by atoms with Crippen molar-refractivity contribution in [1.29, 1.82) is 0 Å². The molecule has 1 fully saturated rings. The summed E-state index contributed by atoms with van der Waals surface area (Å²) in [5.41, 5.74) is 0.832. The summed E-state index contributed by atoms with van der Waals surface area (Å²) in [5.74, 6) is 0.174. The largest absolute Gasteiger partial charge is 0.506 e. The molecule has 2 N–H and O–H groups in total. The Balaban J connectivity index is 1.91. The summed E-state index contributed by atoms with van der Waals surface area (Å²) < 4.78 is 5.37. The Kier molecular flexibility index (Phi) is 4.04. The van der Waals surface area contributed by atoms with Crippen LogP contribution in [0.1, 0.15) is 18.4 Å². The quantitative estimate of drug-likeness (QED) is 0.854. The highest BCUT2D eigenvalue weighted by molar-refractivity contribution is 6.32. The Morgan fingerprint density at radius 2 is 2.38 bits per heavy atom. The van der Waals surface area contributed by atoms with Crippen molar-refractivity contribution in [2.45, 2.75) is 25.4 Å². The summed E-state index contributed by atoms with van der Waals surface area (Å²) in [6, 6.07) is 5.78. The van der Waals surface area contributed by atoms with Crippen molar-refractivity contribution in [1.82, 2.24) is 5.32 Å². The first-order valence-corrected chi connectivity index (χ1v) is 5.92. The van der Waals surface area contributed by atoms with Crippen molar-refractivity contribution in [3.63, 3.8) is 0 Å². The van der Waals surface area contributed by atoms with E-state index in [1.807, 2.05) is 12.1 Å². The van der Waals surface area contributed by atoms with Crippen LogP contribution in [0.3, 0.4) is 0 Å². The third-order valence-corrected chi connectivity index (χ3v) is 3.12. The van der Waals surface area contributed by atoms with Gasteiger partial charge in [0.25, 0.3) is 0 Å². The van der Waals surface area contributed by atoms with E-state index in [-0.39, 0.29) is 5.75 Å². The van der Waals surface area contributed by atoms with Gasteiger partial charge in [0.15, 0.2) is 0 Å². The van der Waals surface area contributed by atoms with E-state index in [4.69, 9.17) is 16.3 Å². The van der Waals surface area contributed by atoms with Gasteiger partial charge in [0.1, 0.15) is 5.75 Å². The molecule has 88 valence electrons. The molecule has 1 saturated heterocycles. The summed E-state index contributed by atoms with van der Waals surface area (Å²) in [7, 11) is 0. The van der Waals surface area contributed by atoms with Gasteiger partial charge in [0.05, 0.1) is 11.6 Å². The number of rotatable bonds is 3. The fourth-order valence-corrected chi connectivity index (χ4v) is 2.05. The van der Waals surface area contributed by atoms with E-state index in [0.717, 1.165) is 31.6 Å².